The molecule has 0 amide bonds. The van der Waals surface area contributed by atoms with Gasteiger partial charge in [0.15, 0.2) is 0 Å². The van der Waals surface area contributed by atoms with Gasteiger partial charge in [0.2, 0.25) is 17.8 Å². The average molecular weight is 690 g/mol. The number of thiophene rings is 2. The smallest absolute Gasteiger partial charge is 0.236 e. The fourth-order valence-electron chi connectivity index (χ4n) is 6.61. The molecule has 2 aliphatic carbocycles. The Morgan fingerprint density at radius 3 is 2.64 bits per heavy atom. The molecule has 5 atom stereocenters. The average Bonchev–Trinajstić information content (AvgIpc) is 3.86. The van der Waals surface area contributed by atoms with Crippen LogP contribution in [0.4, 0.5) is 28.4 Å². The number of fused-ring (bicyclic) bond motifs is 2. The maximum Gasteiger partial charge on any atom is 0.236 e. The Morgan fingerprint density at radius 2 is 1.91 bits per heavy atom. The zero-order valence-corrected chi connectivity index (χ0v) is 28.6. The summed E-state index contributed by atoms with van der Waals surface area (Å²) < 4.78 is 14.9. The van der Waals surface area contributed by atoms with Crippen LogP contribution in [0.2, 0.25) is 0 Å². The van der Waals surface area contributed by atoms with Crippen LogP contribution < -0.4 is 26.0 Å². The minimum Gasteiger partial charge on any atom is -0.473 e. The molecule has 0 aliphatic heterocycles. The van der Waals surface area contributed by atoms with E-state index in [1.807, 2.05) is 50.0 Å². The quantitative estimate of drug-likeness (QED) is 0.146. The number of ether oxygens (including phenoxy) is 1. The summed E-state index contributed by atoms with van der Waals surface area (Å²) >= 11 is 4.58. The zero-order chi connectivity index (χ0) is 32.3. The van der Waals surface area contributed by atoms with Crippen molar-refractivity contribution in [1.82, 2.24) is 34.1 Å². The fraction of sp³-hybridized carbons (Fsp3) is 0.419. The van der Waals surface area contributed by atoms with Gasteiger partial charge in [-0.2, -0.15) is 19.4 Å². The van der Waals surface area contributed by atoms with E-state index in [9.17, 15) is 5.11 Å². The van der Waals surface area contributed by atoms with Crippen LogP contribution in [0, 0.1) is 6.92 Å². The Morgan fingerprint density at radius 1 is 1.11 bits per heavy atom. The molecule has 2 aliphatic rings. The molecule has 3 unspecified atom stereocenters. The van der Waals surface area contributed by atoms with Crippen molar-refractivity contribution in [2.45, 2.75) is 75.8 Å². The van der Waals surface area contributed by atoms with Crippen LogP contribution in [0.25, 0.3) is 20.4 Å². The highest BCUT2D eigenvalue weighted by Gasteiger charge is 2.41. The van der Waals surface area contributed by atoms with E-state index in [4.69, 9.17) is 25.4 Å². The molecule has 6 aromatic heterocycles. The Labute approximate surface area is 283 Å². The van der Waals surface area contributed by atoms with Crippen molar-refractivity contribution >= 4 is 83.0 Å². The summed E-state index contributed by atoms with van der Waals surface area (Å²) in [6.45, 7) is 3.89. The number of nitrogens with one attached hydrogen (secondary N) is 2. The molecule has 0 spiro atoms. The standard InChI is InChI=1S/C31H35N11O2S3/c1-16-10-24(47-40-16)42(30-37-21-5-8-45-25(21)27(38-30)34-17-4-7-31(2,43)13-17)23-12-19(11-20(23)32)44-28-26-22(6-9-46-26)36-29(39-28)35-18-14-33-41(3)15-18/h5-6,8-10,14-15,17,19-20,23,43H,4,7,11-13,32H2,1-3H3,(H,34,37,38)(H,35,36,39)/t17?,19-,20+,23?,31?/m1/s1. The molecule has 47 heavy (non-hydrogen) atoms. The van der Waals surface area contributed by atoms with Crippen molar-refractivity contribution in [3.63, 3.8) is 0 Å². The van der Waals surface area contributed by atoms with Crippen LogP contribution in [-0.4, -0.2) is 69.0 Å². The second-order valence-electron chi connectivity index (χ2n) is 12.7. The van der Waals surface area contributed by atoms with Gasteiger partial charge in [0.25, 0.3) is 0 Å². The number of hydrogen-bond donors (Lipinski definition) is 4. The van der Waals surface area contributed by atoms with Gasteiger partial charge in [0, 0.05) is 38.2 Å². The maximum absolute atomic E-state index is 10.6. The summed E-state index contributed by atoms with van der Waals surface area (Å²) in [6, 6.07) is 5.81. The summed E-state index contributed by atoms with van der Waals surface area (Å²) in [7, 11) is 1.86. The summed E-state index contributed by atoms with van der Waals surface area (Å²) in [5.74, 6) is 2.33. The first-order valence-corrected chi connectivity index (χ1v) is 18.1. The lowest BCUT2D eigenvalue weighted by atomic mass is 10.1. The van der Waals surface area contributed by atoms with Crippen LogP contribution in [0.1, 0.15) is 44.7 Å². The lowest BCUT2D eigenvalue weighted by Gasteiger charge is -2.30. The van der Waals surface area contributed by atoms with Crippen molar-refractivity contribution in [1.29, 1.82) is 0 Å². The van der Waals surface area contributed by atoms with E-state index < -0.39 is 5.60 Å². The molecule has 0 saturated heterocycles. The second-order valence-corrected chi connectivity index (χ2v) is 15.3. The number of aryl methyl sites for hydroxylation is 2. The van der Waals surface area contributed by atoms with Crippen molar-refractivity contribution < 1.29 is 9.84 Å². The predicted octanol–water partition coefficient (Wildman–Crippen LogP) is 5.73. The third-order valence-electron chi connectivity index (χ3n) is 8.80. The number of aromatic nitrogens is 7. The van der Waals surface area contributed by atoms with Gasteiger partial charge in [-0.3, -0.25) is 9.58 Å². The molecule has 0 bridgehead atoms. The molecule has 2 fully saturated rings. The van der Waals surface area contributed by atoms with Crippen LogP contribution in [-0.2, 0) is 7.05 Å². The first-order chi connectivity index (χ1) is 22.7. The molecule has 6 aromatic rings. The summed E-state index contributed by atoms with van der Waals surface area (Å²) in [6.07, 6.45) is 6.97. The molecule has 13 nitrogen and oxygen atoms in total. The van der Waals surface area contributed by atoms with Gasteiger partial charge in [0.05, 0.1) is 45.0 Å². The Bertz CT molecular complexity index is 2050. The van der Waals surface area contributed by atoms with E-state index in [0.29, 0.717) is 37.0 Å². The summed E-state index contributed by atoms with van der Waals surface area (Å²) in [4.78, 5) is 21.8. The van der Waals surface area contributed by atoms with Crippen LogP contribution in [0.15, 0.2) is 41.4 Å². The van der Waals surface area contributed by atoms with Crippen LogP contribution in [0.3, 0.4) is 0 Å². The van der Waals surface area contributed by atoms with Gasteiger partial charge in [-0.05, 0) is 73.6 Å². The van der Waals surface area contributed by atoms with Crippen molar-refractivity contribution in [3.8, 4) is 5.88 Å². The Hall–Kier alpha value is -3.96. The second kappa shape index (κ2) is 11.9. The monoisotopic (exact) mass is 689 g/mol. The van der Waals surface area contributed by atoms with Crippen LogP contribution >= 0.6 is 34.2 Å². The molecule has 5 N–H and O–H groups in total. The predicted molar refractivity (Wildman–Crippen MR) is 188 cm³/mol. The highest BCUT2D eigenvalue weighted by molar-refractivity contribution is 7.18. The van der Waals surface area contributed by atoms with Gasteiger partial charge in [-0.1, -0.05) is 0 Å². The molecule has 6 heterocycles. The number of nitrogens with zero attached hydrogens (tertiary/aromatic N) is 8. The largest absolute Gasteiger partial charge is 0.473 e. The van der Waals surface area contributed by atoms with Crippen molar-refractivity contribution in [2.75, 3.05) is 15.5 Å². The lowest BCUT2D eigenvalue weighted by Crippen LogP contribution is -2.42. The molecule has 0 aromatic carbocycles. The molecule has 8 rings (SSSR count). The topological polar surface area (TPSA) is 165 Å². The molecule has 244 valence electrons. The van der Waals surface area contributed by atoms with Gasteiger partial charge >= 0.3 is 0 Å². The normalized spacial score (nSPS) is 24.4. The molecule has 2 saturated carbocycles. The number of aliphatic hydroxyl groups is 1. The molecular weight excluding hydrogens is 655 g/mol. The minimum absolute atomic E-state index is 0.128. The number of rotatable bonds is 9. The summed E-state index contributed by atoms with van der Waals surface area (Å²) in [5, 5.41) is 26.7. The fourth-order valence-corrected chi connectivity index (χ4v) is 8.97. The van der Waals surface area contributed by atoms with Crippen LogP contribution in [0.5, 0.6) is 5.88 Å². The third kappa shape index (κ3) is 6.11. The third-order valence-corrected chi connectivity index (χ3v) is 11.5. The van der Waals surface area contributed by atoms with Gasteiger partial charge in [0.1, 0.15) is 21.6 Å². The summed E-state index contributed by atoms with van der Waals surface area (Å²) in [5.41, 5.74) is 9.66. The van der Waals surface area contributed by atoms with E-state index in [2.05, 4.69) is 36.1 Å². The van der Waals surface area contributed by atoms with Gasteiger partial charge < -0.3 is 26.2 Å². The van der Waals surface area contributed by atoms with E-state index >= 15 is 0 Å². The first kappa shape index (κ1) is 30.4. The van der Waals surface area contributed by atoms with Gasteiger partial charge in [-0.25, -0.2) is 9.97 Å². The highest BCUT2D eigenvalue weighted by atomic mass is 32.1. The SMILES string of the molecule is Cc1cc(N(c2nc(NC3CCC(C)(O)C3)c3sccc3n2)C2C[C@H](Oc3nc(Nc4cnn(C)c4)nc4ccsc34)C[C@@H]2N)sn1. The molecule has 0 radical (unpaired) electrons. The number of hydrogen-bond acceptors (Lipinski definition) is 15. The van der Waals surface area contributed by atoms with E-state index in [1.165, 1.54) is 11.5 Å². The first-order valence-electron chi connectivity index (χ1n) is 15.6. The Kier molecular flexibility index (Phi) is 7.71. The maximum atomic E-state index is 10.6. The lowest BCUT2D eigenvalue weighted by molar-refractivity contribution is 0.0673. The van der Waals surface area contributed by atoms with Gasteiger partial charge in [-0.15, -0.1) is 22.7 Å². The molecular formula is C31H35N11O2S3. The highest BCUT2D eigenvalue weighted by Crippen LogP contribution is 2.41. The number of nitrogens with two attached hydrogens (primary N) is 1. The van der Waals surface area contributed by atoms with E-state index in [-0.39, 0.29) is 24.2 Å². The minimum atomic E-state index is -0.673. The van der Waals surface area contributed by atoms with Crippen molar-refractivity contribution in [3.05, 3.63) is 47.0 Å². The van der Waals surface area contributed by atoms with E-state index in [1.54, 1.807) is 33.6 Å². The van der Waals surface area contributed by atoms with Crippen molar-refractivity contribution in [2.24, 2.45) is 12.8 Å². The van der Waals surface area contributed by atoms with E-state index in [0.717, 1.165) is 55.5 Å². The number of anilines is 5. The molecule has 16 heteroatoms. The zero-order valence-electron chi connectivity index (χ0n) is 26.1. The Balaban J connectivity index is 1.10.